The van der Waals surface area contributed by atoms with E-state index < -0.39 is 36.4 Å². The third-order valence-electron chi connectivity index (χ3n) is 4.78. The molecule has 5 atom stereocenters. The molecule has 2 aromatic carbocycles. The molecule has 1 fully saturated rings. The number of carbonyl (C=O) groups is 2. The lowest BCUT2D eigenvalue weighted by molar-refractivity contribution is -0.219. The van der Waals surface area contributed by atoms with Crippen LogP contribution in [0.1, 0.15) is 34.6 Å². The Morgan fingerprint density at radius 2 is 1.14 bits per heavy atom. The van der Waals surface area contributed by atoms with Crippen LogP contribution in [-0.2, 0) is 18.9 Å². The third-order valence-corrected chi connectivity index (χ3v) is 4.78. The lowest BCUT2D eigenvalue weighted by Gasteiger charge is -2.43. The minimum Gasteiger partial charge on any atom is -0.452 e. The molecule has 6 nitrogen and oxygen atoms in total. The molecule has 2 aromatic rings. The number of benzene rings is 2. The van der Waals surface area contributed by atoms with Crippen LogP contribution in [0.15, 0.2) is 60.7 Å². The molecule has 148 valence electrons. The van der Waals surface area contributed by atoms with Gasteiger partial charge in [-0.05, 0) is 38.1 Å². The summed E-state index contributed by atoms with van der Waals surface area (Å²) in [5.41, 5.74) is 0.827. The van der Waals surface area contributed by atoms with Gasteiger partial charge in [0.1, 0.15) is 6.10 Å². The first-order valence-electron chi connectivity index (χ1n) is 9.21. The summed E-state index contributed by atoms with van der Waals surface area (Å²) in [7, 11) is 1.51. The Hall–Kier alpha value is -2.70. The van der Waals surface area contributed by atoms with Crippen LogP contribution in [0.5, 0.6) is 0 Å². The van der Waals surface area contributed by atoms with Crippen LogP contribution in [0.25, 0.3) is 0 Å². The van der Waals surface area contributed by atoms with Crippen molar-refractivity contribution in [3.05, 3.63) is 71.8 Å². The number of hydrogen-bond acceptors (Lipinski definition) is 6. The molecule has 0 amide bonds. The molecule has 3 rings (SSSR count). The van der Waals surface area contributed by atoms with E-state index in [2.05, 4.69) is 0 Å². The molecule has 0 aromatic heterocycles. The highest BCUT2D eigenvalue weighted by Crippen LogP contribution is 2.29. The van der Waals surface area contributed by atoms with E-state index >= 15 is 0 Å². The van der Waals surface area contributed by atoms with E-state index in [1.54, 1.807) is 55.5 Å². The van der Waals surface area contributed by atoms with Crippen molar-refractivity contribution in [3.63, 3.8) is 0 Å². The average molecular weight is 384 g/mol. The van der Waals surface area contributed by atoms with Crippen molar-refractivity contribution in [3.8, 4) is 0 Å². The van der Waals surface area contributed by atoms with Crippen LogP contribution >= 0.6 is 0 Å². The van der Waals surface area contributed by atoms with E-state index in [1.165, 1.54) is 7.11 Å². The molecule has 1 aliphatic heterocycles. The summed E-state index contributed by atoms with van der Waals surface area (Å²) in [6, 6.07) is 17.3. The lowest BCUT2D eigenvalue weighted by Crippen LogP contribution is -2.59. The van der Waals surface area contributed by atoms with Gasteiger partial charge in [-0.3, -0.25) is 0 Å². The monoisotopic (exact) mass is 384 g/mol. The van der Waals surface area contributed by atoms with Gasteiger partial charge in [-0.1, -0.05) is 36.4 Å². The topological polar surface area (TPSA) is 71.1 Å². The summed E-state index contributed by atoms with van der Waals surface area (Å²) in [6.45, 7) is 3.62. The second-order valence-electron chi connectivity index (χ2n) is 6.72. The molecule has 0 spiro atoms. The maximum Gasteiger partial charge on any atom is 0.338 e. The Bertz CT molecular complexity index is 791. The number of methoxy groups -OCH3 is 1. The summed E-state index contributed by atoms with van der Waals surface area (Å²) < 4.78 is 22.8. The first kappa shape index (κ1) is 20.0. The first-order valence-corrected chi connectivity index (χ1v) is 9.21. The van der Waals surface area contributed by atoms with Gasteiger partial charge in [-0.2, -0.15) is 0 Å². The van der Waals surface area contributed by atoms with E-state index in [0.717, 1.165) is 0 Å². The van der Waals surface area contributed by atoms with Crippen molar-refractivity contribution in [2.24, 2.45) is 0 Å². The van der Waals surface area contributed by atoms with Crippen LogP contribution in [0.4, 0.5) is 0 Å². The maximum absolute atomic E-state index is 12.6. The van der Waals surface area contributed by atoms with Gasteiger partial charge in [-0.15, -0.1) is 0 Å². The highest BCUT2D eigenvalue weighted by atomic mass is 16.6. The van der Waals surface area contributed by atoms with Crippen molar-refractivity contribution < 1.29 is 28.5 Å². The second kappa shape index (κ2) is 8.99. The summed E-state index contributed by atoms with van der Waals surface area (Å²) >= 11 is 0. The molecule has 1 saturated heterocycles. The zero-order chi connectivity index (χ0) is 20.1. The van der Waals surface area contributed by atoms with Crippen molar-refractivity contribution in [2.45, 2.75) is 44.4 Å². The van der Waals surface area contributed by atoms with Crippen molar-refractivity contribution in [2.75, 3.05) is 7.11 Å². The molecule has 1 heterocycles. The highest BCUT2D eigenvalue weighted by molar-refractivity contribution is 5.90. The van der Waals surface area contributed by atoms with Crippen molar-refractivity contribution >= 4 is 11.9 Å². The largest absolute Gasteiger partial charge is 0.452 e. The van der Waals surface area contributed by atoms with Gasteiger partial charge in [0.25, 0.3) is 0 Å². The molecule has 28 heavy (non-hydrogen) atoms. The van der Waals surface area contributed by atoms with Crippen LogP contribution in [-0.4, -0.2) is 49.6 Å². The first-order chi connectivity index (χ1) is 13.5. The third kappa shape index (κ3) is 4.40. The second-order valence-corrected chi connectivity index (χ2v) is 6.72. The fourth-order valence-corrected chi connectivity index (χ4v) is 3.37. The number of esters is 2. The number of rotatable bonds is 5. The molecule has 0 bridgehead atoms. The molecule has 1 unspecified atom stereocenters. The standard InChI is InChI=1S/C22H24O6/c1-14-18(25-3)20(28-22(24)17-12-8-5-9-13-17)19(15(2)26-14)27-21(23)16-10-6-4-7-11-16/h4-15,18-20H,1-3H3/t14-,15?,18-,19-,20+/m0/s1. The quantitative estimate of drug-likeness (QED) is 0.737. The highest BCUT2D eigenvalue weighted by Gasteiger charge is 2.47. The Morgan fingerprint density at radius 1 is 0.714 bits per heavy atom. The average Bonchev–Trinajstić information content (AvgIpc) is 2.72. The number of carbonyl (C=O) groups excluding carboxylic acids is 2. The van der Waals surface area contributed by atoms with Gasteiger partial charge >= 0.3 is 11.9 Å². The minimum absolute atomic E-state index is 0.333. The predicted molar refractivity (Wildman–Crippen MR) is 102 cm³/mol. The normalized spacial score (nSPS) is 27.0. The predicted octanol–water partition coefficient (Wildman–Crippen LogP) is 3.26. The zero-order valence-electron chi connectivity index (χ0n) is 16.1. The Kier molecular flexibility index (Phi) is 6.44. The molecule has 1 aliphatic rings. The maximum atomic E-state index is 12.6. The van der Waals surface area contributed by atoms with Gasteiger partial charge in [-0.25, -0.2) is 9.59 Å². The number of ether oxygens (including phenoxy) is 4. The molecule has 6 heteroatoms. The molecule has 0 radical (unpaired) electrons. The number of hydrogen-bond donors (Lipinski definition) is 0. The molecule has 0 saturated carbocycles. The van der Waals surface area contributed by atoms with E-state index in [-0.39, 0.29) is 6.10 Å². The Balaban J connectivity index is 1.83. The van der Waals surface area contributed by atoms with Gasteiger partial charge in [0.15, 0.2) is 12.2 Å². The van der Waals surface area contributed by atoms with Crippen LogP contribution < -0.4 is 0 Å². The molecule has 0 aliphatic carbocycles. The van der Waals surface area contributed by atoms with Gasteiger partial charge in [0.05, 0.1) is 23.3 Å². The Morgan fingerprint density at radius 3 is 1.61 bits per heavy atom. The fraction of sp³-hybridized carbons (Fsp3) is 0.364. The van der Waals surface area contributed by atoms with Crippen molar-refractivity contribution in [1.82, 2.24) is 0 Å². The summed E-state index contributed by atoms with van der Waals surface area (Å²) in [5, 5.41) is 0. The summed E-state index contributed by atoms with van der Waals surface area (Å²) in [4.78, 5) is 25.2. The van der Waals surface area contributed by atoms with E-state index in [0.29, 0.717) is 11.1 Å². The minimum atomic E-state index is -0.804. The van der Waals surface area contributed by atoms with E-state index in [1.807, 2.05) is 19.1 Å². The van der Waals surface area contributed by atoms with Gasteiger partial charge < -0.3 is 18.9 Å². The van der Waals surface area contributed by atoms with Crippen LogP contribution in [0.3, 0.4) is 0 Å². The molecular formula is C22H24O6. The van der Waals surface area contributed by atoms with Crippen LogP contribution in [0.2, 0.25) is 0 Å². The smallest absolute Gasteiger partial charge is 0.338 e. The van der Waals surface area contributed by atoms with Gasteiger partial charge in [0, 0.05) is 7.11 Å². The summed E-state index contributed by atoms with van der Waals surface area (Å²) in [5.74, 6) is -1.01. The van der Waals surface area contributed by atoms with E-state index in [9.17, 15) is 9.59 Å². The fourth-order valence-electron chi connectivity index (χ4n) is 3.37. The lowest BCUT2D eigenvalue weighted by atomic mass is 9.95. The molecule has 0 N–H and O–H groups in total. The zero-order valence-corrected chi connectivity index (χ0v) is 16.1. The van der Waals surface area contributed by atoms with Crippen molar-refractivity contribution in [1.29, 1.82) is 0 Å². The van der Waals surface area contributed by atoms with Gasteiger partial charge in [0.2, 0.25) is 0 Å². The summed E-state index contributed by atoms with van der Waals surface area (Å²) in [6.07, 6.45) is -2.98. The Labute approximate surface area is 164 Å². The van der Waals surface area contributed by atoms with E-state index in [4.69, 9.17) is 18.9 Å². The van der Waals surface area contributed by atoms with Crippen LogP contribution in [0, 0.1) is 0 Å². The SMILES string of the molecule is CO[C@@H]1[C@@H](OC(=O)c2ccccc2)[C@@H](OC(=O)c2ccccc2)C(C)O[C@H]1C. The molecular weight excluding hydrogens is 360 g/mol.